The van der Waals surface area contributed by atoms with Crippen molar-refractivity contribution in [1.29, 1.82) is 0 Å². The van der Waals surface area contributed by atoms with Crippen molar-refractivity contribution in [1.82, 2.24) is 0 Å². The van der Waals surface area contributed by atoms with E-state index in [2.05, 4.69) is 32.4 Å². The molecule has 4 nitrogen and oxygen atoms in total. The normalized spacial score (nSPS) is 12.0. The van der Waals surface area contributed by atoms with Gasteiger partial charge in [-0.15, -0.1) is 0 Å². The first kappa shape index (κ1) is 27.8. The fourth-order valence-corrected chi connectivity index (χ4v) is 2.47. The van der Waals surface area contributed by atoms with Crippen LogP contribution in [0.2, 0.25) is 0 Å². The fourth-order valence-electron chi connectivity index (χ4n) is 2.47. The van der Waals surface area contributed by atoms with Gasteiger partial charge in [-0.2, -0.15) is 0 Å². The zero-order valence-electron chi connectivity index (χ0n) is 17.2. The van der Waals surface area contributed by atoms with Gasteiger partial charge in [-0.1, -0.05) is 73.1 Å². The van der Waals surface area contributed by atoms with Gasteiger partial charge < -0.3 is 9.84 Å². The molecule has 0 aliphatic rings. The first-order valence-corrected chi connectivity index (χ1v) is 9.71. The van der Waals surface area contributed by atoms with Crippen molar-refractivity contribution in [3.05, 3.63) is 0 Å². The van der Waals surface area contributed by atoms with Crippen molar-refractivity contribution < 1.29 is 19.4 Å². The lowest BCUT2D eigenvalue weighted by atomic mass is 9.85. The summed E-state index contributed by atoms with van der Waals surface area (Å²) in [6, 6.07) is 0. The molecule has 0 amide bonds. The summed E-state index contributed by atoms with van der Waals surface area (Å²) in [5.41, 5.74) is 0. The number of aliphatic carboxylic acids is 1. The van der Waals surface area contributed by atoms with Crippen molar-refractivity contribution in [2.75, 3.05) is 6.61 Å². The Hall–Kier alpha value is -1.06. The Balaban J connectivity index is -0.000000309. The van der Waals surface area contributed by atoms with Crippen LogP contribution in [0.5, 0.6) is 0 Å². The van der Waals surface area contributed by atoms with Crippen LogP contribution in [0.25, 0.3) is 0 Å². The summed E-state index contributed by atoms with van der Waals surface area (Å²) >= 11 is 0. The SMILES string of the molecule is CCCC(CC)C(CC)C(=O)O.CCCCCC.CCOC(C)=O. The second-order valence-corrected chi connectivity index (χ2v) is 5.94. The van der Waals surface area contributed by atoms with Crippen LogP contribution in [-0.2, 0) is 14.3 Å². The molecule has 0 aliphatic heterocycles. The van der Waals surface area contributed by atoms with E-state index in [1.165, 1.54) is 32.6 Å². The average molecular weight is 347 g/mol. The number of ether oxygens (including phenoxy) is 1. The minimum Gasteiger partial charge on any atom is -0.481 e. The van der Waals surface area contributed by atoms with Crippen molar-refractivity contribution in [3.63, 3.8) is 0 Å². The molecule has 0 aromatic heterocycles. The number of carboxylic acid groups (broad SMARTS) is 1. The molecule has 0 rings (SSSR count). The largest absolute Gasteiger partial charge is 0.481 e. The van der Waals surface area contributed by atoms with Crippen molar-refractivity contribution >= 4 is 11.9 Å². The van der Waals surface area contributed by atoms with E-state index >= 15 is 0 Å². The molecule has 0 aromatic carbocycles. The zero-order chi connectivity index (χ0) is 19.4. The molecule has 146 valence electrons. The second kappa shape index (κ2) is 21.9. The Labute approximate surface area is 150 Å². The smallest absolute Gasteiger partial charge is 0.306 e. The number of carboxylic acids is 1. The first-order valence-electron chi connectivity index (χ1n) is 9.71. The summed E-state index contributed by atoms with van der Waals surface area (Å²) < 4.78 is 4.40. The molecule has 0 saturated heterocycles. The van der Waals surface area contributed by atoms with Gasteiger partial charge in [0, 0.05) is 6.92 Å². The molecule has 0 spiro atoms. The zero-order valence-corrected chi connectivity index (χ0v) is 17.2. The van der Waals surface area contributed by atoms with E-state index in [1.807, 2.05) is 6.92 Å². The molecule has 2 atom stereocenters. The van der Waals surface area contributed by atoms with Crippen molar-refractivity contribution in [3.8, 4) is 0 Å². The summed E-state index contributed by atoms with van der Waals surface area (Å²) in [5.74, 6) is -0.595. The van der Waals surface area contributed by atoms with E-state index in [0.29, 0.717) is 12.5 Å². The van der Waals surface area contributed by atoms with E-state index in [9.17, 15) is 9.59 Å². The van der Waals surface area contributed by atoms with E-state index in [4.69, 9.17) is 5.11 Å². The van der Waals surface area contributed by atoms with Crippen LogP contribution in [0.1, 0.15) is 99.8 Å². The number of hydrogen-bond acceptors (Lipinski definition) is 3. The van der Waals surface area contributed by atoms with E-state index in [1.54, 1.807) is 6.92 Å². The molecule has 4 heteroatoms. The lowest BCUT2D eigenvalue weighted by Gasteiger charge is -2.20. The average Bonchev–Trinajstić information content (AvgIpc) is 2.53. The Bertz CT molecular complexity index is 273. The van der Waals surface area contributed by atoms with Gasteiger partial charge in [0.2, 0.25) is 0 Å². The summed E-state index contributed by atoms with van der Waals surface area (Å²) in [6.45, 7) is 14.3. The summed E-state index contributed by atoms with van der Waals surface area (Å²) in [7, 11) is 0. The van der Waals surface area contributed by atoms with E-state index in [-0.39, 0.29) is 11.9 Å². The molecular weight excluding hydrogens is 304 g/mol. The van der Waals surface area contributed by atoms with Gasteiger partial charge in [-0.25, -0.2) is 0 Å². The maximum absolute atomic E-state index is 10.8. The highest BCUT2D eigenvalue weighted by Gasteiger charge is 2.23. The number of esters is 1. The highest BCUT2D eigenvalue weighted by molar-refractivity contribution is 5.70. The Morgan fingerprint density at radius 2 is 1.38 bits per heavy atom. The molecule has 0 bridgehead atoms. The van der Waals surface area contributed by atoms with Crippen LogP contribution < -0.4 is 0 Å². The number of carbonyl (C=O) groups excluding carboxylic acids is 1. The van der Waals surface area contributed by atoms with Gasteiger partial charge in [0.05, 0.1) is 12.5 Å². The number of hydrogen-bond donors (Lipinski definition) is 1. The minimum atomic E-state index is -0.627. The van der Waals surface area contributed by atoms with E-state index in [0.717, 1.165) is 25.7 Å². The van der Waals surface area contributed by atoms with Gasteiger partial charge in [-0.05, 0) is 25.7 Å². The fraction of sp³-hybridized carbons (Fsp3) is 0.900. The third-order valence-electron chi connectivity index (χ3n) is 3.81. The van der Waals surface area contributed by atoms with Gasteiger partial charge in [0.1, 0.15) is 0 Å². The molecule has 2 unspecified atom stereocenters. The third-order valence-corrected chi connectivity index (χ3v) is 3.81. The van der Waals surface area contributed by atoms with Gasteiger partial charge >= 0.3 is 11.9 Å². The van der Waals surface area contributed by atoms with Crippen LogP contribution in [0.4, 0.5) is 0 Å². The monoisotopic (exact) mass is 346 g/mol. The number of unbranched alkanes of at least 4 members (excludes halogenated alkanes) is 3. The quantitative estimate of drug-likeness (QED) is 0.384. The molecule has 0 saturated carbocycles. The molecule has 0 heterocycles. The molecule has 24 heavy (non-hydrogen) atoms. The molecule has 0 radical (unpaired) electrons. The summed E-state index contributed by atoms with van der Waals surface area (Å²) in [5, 5.41) is 8.90. The van der Waals surface area contributed by atoms with Crippen molar-refractivity contribution in [2.24, 2.45) is 11.8 Å². The molecule has 0 aromatic rings. The van der Waals surface area contributed by atoms with Crippen LogP contribution in [0.15, 0.2) is 0 Å². The maximum Gasteiger partial charge on any atom is 0.306 e. The van der Waals surface area contributed by atoms with Crippen molar-refractivity contribution in [2.45, 2.75) is 99.8 Å². The Morgan fingerprint density at radius 1 is 0.875 bits per heavy atom. The van der Waals surface area contributed by atoms with Gasteiger partial charge in [0.15, 0.2) is 0 Å². The standard InChI is InChI=1S/C10H20O2.C6H14.C4H8O2/c1-4-7-8(5-2)9(6-3)10(11)12;1-3-5-6-4-2;1-3-6-4(2)5/h8-9H,4-7H2,1-3H3,(H,11,12);3-6H2,1-2H3;3H2,1-2H3. The Kier molecular flexibility index (Phi) is 25.4. The summed E-state index contributed by atoms with van der Waals surface area (Å²) in [6.07, 6.45) is 9.41. The van der Waals surface area contributed by atoms with Crippen LogP contribution in [0.3, 0.4) is 0 Å². The lowest BCUT2D eigenvalue weighted by molar-refractivity contribution is -0.144. The van der Waals surface area contributed by atoms with Crippen LogP contribution >= 0.6 is 0 Å². The van der Waals surface area contributed by atoms with Gasteiger partial charge in [-0.3, -0.25) is 9.59 Å². The molecule has 1 N–H and O–H groups in total. The maximum atomic E-state index is 10.8. The second-order valence-electron chi connectivity index (χ2n) is 5.94. The lowest BCUT2D eigenvalue weighted by Crippen LogP contribution is -2.22. The molecular formula is C20H42O4. The summed E-state index contributed by atoms with van der Waals surface area (Å²) in [4.78, 5) is 20.6. The first-order chi connectivity index (χ1) is 11.4. The number of rotatable bonds is 10. The minimum absolute atomic E-state index is 0.130. The molecule has 0 fully saturated rings. The van der Waals surface area contributed by atoms with Crippen LogP contribution in [-0.4, -0.2) is 23.7 Å². The predicted molar refractivity (Wildman–Crippen MR) is 102 cm³/mol. The highest BCUT2D eigenvalue weighted by Crippen LogP contribution is 2.24. The molecule has 0 aliphatic carbocycles. The van der Waals surface area contributed by atoms with Crippen LogP contribution in [0, 0.1) is 11.8 Å². The predicted octanol–water partition coefficient (Wildman–Crippen LogP) is 6.08. The Morgan fingerprint density at radius 3 is 1.54 bits per heavy atom. The highest BCUT2D eigenvalue weighted by atomic mass is 16.5. The topological polar surface area (TPSA) is 63.6 Å². The van der Waals surface area contributed by atoms with Gasteiger partial charge in [0.25, 0.3) is 0 Å². The number of carbonyl (C=O) groups is 2. The third kappa shape index (κ3) is 20.9. The van der Waals surface area contributed by atoms with E-state index < -0.39 is 5.97 Å².